The Morgan fingerprint density at radius 2 is 1.91 bits per heavy atom. The smallest absolute Gasteiger partial charge is 0.271 e. The van der Waals surface area contributed by atoms with Gasteiger partial charge in [0.05, 0.1) is 6.21 Å². The highest BCUT2D eigenvalue weighted by Crippen LogP contribution is 2.14. The first-order valence-corrected chi connectivity index (χ1v) is 8.23. The molecule has 1 N–H and O–H groups in total. The molecule has 0 atom stereocenters. The predicted octanol–water partition coefficient (Wildman–Crippen LogP) is 3.87. The minimum atomic E-state index is -0.215. The lowest BCUT2D eigenvalue weighted by Gasteiger charge is -2.04. The number of hydrogen-bond donors (Lipinski definition) is 1. The van der Waals surface area contributed by atoms with Crippen molar-refractivity contribution in [3.63, 3.8) is 0 Å². The molecule has 4 nitrogen and oxygen atoms in total. The number of nitrogens with zero attached hydrogens (tertiary/aromatic N) is 2. The van der Waals surface area contributed by atoms with Crippen LogP contribution in [-0.4, -0.2) is 16.7 Å². The molecule has 0 bridgehead atoms. The van der Waals surface area contributed by atoms with E-state index in [-0.39, 0.29) is 5.91 Å². The van der Waals surface area contributed by atoms with E-state index in [1.165, 1.54) is 4.88 Å². The summed E-state index contributed by atoms with van der Waals surface area (Å²) in [6.07, 6.45) is 6.62. The molecule has 0 aliphatic heterocycles. The van der Waals surface area contributed by atoms with Crippen LogP contribution < -0.4 is 5.43 Å². The molecule has 3 rings (SSSR count). The van der Waals surface area contributed by atoms with Crippen LogP contribution in [0.2, 0.25) is 0 Å². The highest BCUT2D eigenvalue weighted by Gasteiger charge is 2.04. The Morgan fingerprint density at radius 3 is 2.57 bits per heavy atom. The maximum atomic E-state index is 12.1. The SMILES string of the molecule is CCc1ccc(/C=N/NC(=O)c2ccc(-n3cccc3)cc2)s1. The summed E-state index contributed by atoms with van der Waals surface area (Å²) in [6, 6.07) is 15.4. The van der Waals surface area contributed by atoms with Crippen molar-refractivity contribution < 1.29 is 4.79 Å². The lowest BCUT2D eigenvalue weighted by atomic mass is 10.2. The molecule has 1 aromatic carbocycles. The minimum absolute atomic E-state index is 0.215. The summed E-state index contributed by atoms with van der Waals surface area (Å²) in [6.45, 7) is 2.12. The van der Waals surface area contributed by atoms with E-state index < -0.39 is 0 Å². The maximum absolute atomic E-state index is 12.1. The number of hydrazone groups is 1. The number of hydrogen-bond acceptors (Lipinski definition) is 3. The third-order valence-electron chi connectivity index (χ3n) is 3.42. The van der Waals surface area contributed by atoms with Crippen LogP contribution >= 0.6 is 11.3 Å². The number of rotatable bonds is 5. The van der Waals surface area contributed by atoms with E-state index in [4.69, 9.17) is 0 Å². The largest absolute Gasteiger partial charge is 0.324 e. The van der Waals surface area contributed by atoms with E-state index >= 15 is 0 Å². The summed E-state index contributed by atoms with van der Waals surface area (Å²) in [4.78, 5) is 14.4. The van der Waals surface area contributed by atoms with Gasteiger partial charge in [0.1, 0.15) is 0 Å². The molecule has 0 radical (unpaired) electrons. The molecule has 0 fully saturated rings. The lowest BCUT2D eigenvalue weighted by molar-refractivity contribution is 0.0955. The number of thiophene rings is 1. The fourth-order valence-corrected chi connectivity index (χ4v) is 2.99. The summed E-state index contributed by atoms with van der Waals surface area (Å²) in [5, 5.41) is 4.02. The Balaban J connectivity index is 1.61. The van der Waals surface area contributed by atoms with Crippen LogP contribution in [0.4, 0.5) is 0 Å². The number of aromatic nitrogens is 1. The normalized spacial score (nSPS) is 11.0. The molecule has 23 heavy (non-hydrogen) atoms. The molecular weight excluding hydrogens is 306 g/mol. The van der Waals surface area contributed by atoms with Crippen LogP contribution in [0.25, 0.3) is 5.69 Å². The van der Waals surface area contributed by atoms with Gasteiger partial charge in [-0.25, -0.2) is 5.43 Å². The Kier molecular flexibility index (Phi) is 4.68. The van der Waals surface area contributed by atoms with Gasteiger partial charge in [0.2, 0.25) is 0 Å². The van der Waals surface area contributed by atoms with Gasteiger partial charge >= 0.3 is 0 Å². The van der Waals surface area contributed by atoms with Gasteiger partial charge in [-0.15, -0.1) is 11.3 Å². The van der Waals surface area contributed by atoms with Crippen molar-refractivity contribution in [2.24, 2.45) is 5.10 Å². The molecule has 116 valence electrons. The summed E-state index contributed by atoms with van der Waals surface area (Å²) in [7, 11) is 0. The first kappa shape index (κ1) is 15.2. The van der Waals surface area contributed by atoms with Gasteiger partial charge in [-0.1, -0.05) is 6.92 Å². The van der Waals surface area contributed by atoms with Crippen molar-refractivity contribution in [2.45, 2.75) is 13.3 Å². The number of carbonyl (C=O) groups excluding carboxylic acids is 1. The first-order chi connectivity index (χ1) is 11.3. The lowest BCUT2D eigenvalue weighted by Crippen LogP contribution is -2.17. The van der Waals surface area contributed by atoms with E-state index in [1.807, 2.05) is 47.3 Å². The number of aryl methyl sites for hydroxylation is 1. The van der Waals surface area contributed by atoms with Gasteiger partial charge in [0.25, 0.3) is 5.91 Å². The van der Waals surface area contributed by atoms with Crippen LogP contribution in [0, 0.1) is 0 Å². The van der Waals surface area contributed by atoms with Crippen molar-refractivity contribution in [3.05, 3.63) is 76.2 Å². The molecule has 2 aromatic heterocycles. The van der Waals surface area contributed by atoms with Gasteiger partial charge in [0, 0.05) is 33.4 Å². The van der Waals surface area contributed by atoms with Crippen LogP contribution in [0.1, 0.15) is 27.0 Å². The summed E-state index contributed by atoms with van der Waals surface area (Å²) < 4.78 is 1.99. The van der Waals surface area contributed by atoms with Crippen LogP contribution in [0.5, 0.6) is 0 Å². The molecule has 0 aliphatic carbocycles. The zero-order chi connectivity index (χ0) is 16.1. The van der Waals surface area contributed by atoms with E-state index in [2.05, 4.69) is 23.5 Å². The average Bonchev–Trinajstić information content (AvgIpc) is 3.26. The topological polar surface area (TPSA) is 46.4 Å². The Bertz CT molecular complexity index is 801. The Morgan fingerprint density at radius 1 is 1.17 bits per heavy atom. The predicted molar refractivity (Wildman–Crippen MR) is 94.5 cm³/mol. The van der Waals surface area contributed by atoms with E-state index in [1.54, 1.807) is 29.7 Å². The number of amides is 1. The number of carbonyl (C=O) groups is 1. The zero-order valence-electron chi connectivity index (χ0n) is 12.8. The second-order valence-electron chi connectivity index (χ2n) is 4.99. The molecule has 1 amide bonds. The maximum Gasteiger partial charge on any atom is 0.271 e. The highest BCUT2D eigenvalue weighted by molar-refractivity contribution is 7.13. The summed E-state index contributed by atoms with van der Waals surface area (Å²) in [5.41, 5.74) is 4.16. The van der Waals surface area contributed by atoms with Crippen molar-refractivity contribution in [2.75, 3.05) is 0 Å². The van der Waals surface area contributed by atoms with Crippen molar-refractivity contribution in [1.82, 2.24) is 9.99 Å². The molecule has 0 saturated carbocycles. The monoisotopic (exact) mass is 323 g/mol. The third-order valence-corrected chi connectivity index (χ3v) is 4.59. The Labute approximate surface area is 139 Å². The molecule has 0 aliphatic rings. The quantitative estimate of drug-likeness (QED) is 0.562. The van der Waals surface area contributed by atoms with Crippen molar-refractivity contribution in [1.29, 1.82) is 0 Å². The van der Waals surface area contributed by atoms with Gasteiger partial charge in [-0.2, -0.15) is 5.10 Å². The molecular formula is C18H17N3OS. The molecule has 2 heterocycles. The van der Waals surface area contributed by atoms with E-state index in [0.29, 0.717) is 5.56 Å². The summed E-state index contributed by atoms with van der Waals surface area (Å²) >= 11 is 1.68. The molecule has 0 unspecified atom stereocenters. The standard InChI is InChI=1S/C18H17N3OS/c1-2-16-9-10-17(23-16)13-19-20-18(22)14-5-7-15(8-6-14)21-11-3-4-12-21/h3-13H,2H2,1H3,(H,20,22)/b19-13+. The van der Waals surface area contributed by atoms with Crippen LogP contribution in [0.3, 0.4) is 0 Å². The van der Waals surface area contributed by atoms with Crippen LogP contribution in [0.15, 0.2) is 66.0 Å². The highest BCUT2D eigenvalue weighted by atomic mass is 32.1. The van der Waals surface area contributed by atoms with Crippen LogP contribution in [-0.2, 0) is 6.42 Å². The fourth-order valence-electron chi connectivity index (χ4n) is 2.16. The second-order valence-corrected chi connectivity index (χ2v) is 6.19. The molecule has 3 aromatic rings. The first-order valence-electron chi connectivity index (χ1n) is 7.42. The van der Waals surface area contributed by atoms with E-state index in [0.717, 1.165) is 17.0 Å². The van der Waals surface area contributed by atoms with Crippen molar-refractivity contribution >= 4 is 23.5 Å². The van der Waals surface area contributed by atoms with Crippen molar-refractivity contribution in [3.8, 4) is 5.69 Å². The second kappa shape index (κ2) is 7.07. The molecule has 0 saturated heterocycles. The van der Waals surface area contributed by atoms with Gasteiger partial charge in [-0.05, 0) is 55.0 Å². The molecule has 5 heteroatoms. The van der Waals surface area contributed by atoms with Gasteiger partial charge < -0.3 is 4.57 Å². The fraction of sp³-hybridized carbons (Fsp3) is 0.111. The third kappa shape index (κ3) is 3.76. The zero-order valence-corrected chi connectivity index (χ0v) is 13.6. The van der Waals surface area contributed by atoms with Gasteiger partial charge in [0.15, 0.2) is 0 Å². The number of nitrogens with one attached hydrogen (secondary N) is 1. The number of benzene rings is 1. The van der Waals surface area contributed by atoms with Gasteiger partial charge in [-0.3, -0.25) is 4.79 Å². The molecule has 0 spiro atoms. The minimum Gasteiger partial charge on any atom is -0.324 e. The van der Waals surface area contributed by atoms with E-state index in [9.17, 15) is 4.79 Å². The summed E-state index contributed by atoms with van der Waals surface area (Å²) in [5.74, 6) is -0.215. The Hall–Kier alpha value is -2.66. The average molecular weight is 323 g/mol.